The van der Waals surface area contributed by atoms with Crippen LogP contribution >= 0.6 is 0 Å². The Morgan fingerprint density at radius 3 is 0.711 bits per heavy atom. The predicted molar refractivity (Wildman–Crippen MR) is 171 cm³/mol. The van der Waals surface area contributed by atoms with E-state index in [1.54, 1.807) is 76.7 Å². The van der Waals surface area contributed by atoms with Crippen molar-refractivity contribution in [1.29, 1.82) is 0 Å². The molecule has 45 heavy (non-hydrogen) atoms. The maximum absolute atomic E-state index is 13.5. The van der Waals surface area contributed by atoms with Crippen LogP contribution in [0.25, 0.3) is 0 Å². The van der Waals surface area contributed by atoms with Crippen LogP contribution in [0.5, 0.6) is 0 Å². The average Bonchev–Trinajstić information content (AvgIpc) is 3.08. The van der Waals surface area contributed by atoms with E-state index in [4.69, 9.17) is 12.3 Å². The van der Waals surface area contributed by atoms with Gasteiger partial charge in [0.05, 0.1) is 0 Å². The van der Waals surface area contributed by atoms with Crippen molar-refractivity contribution >= 4 is 66.7 Å². The molecule has 0 aliphatic carbocycles. The van der Waals surface area contributed by atoms with Gasteiger partial charge < -0.3 is 0 Å². The normalized spacial score (nSPS) is 10.6. The molecule has 12 nitrogen and oxygen atoms in total. The molecular weight excluding hydrogens is 687 g/mol. The van der Waals surface area contributed by atoms with Crippen molar-refractivity contribution in [1.82, 2.24) is 0 Å². The van der Waals surface area contributed by atoms with Gasteiger partial charge in [-0.3, -0.25) is 0 Å². The minimum atomic E-state index is -6.37. The van der Waals surface area contributed by atoms with Crippen molar-refractivity contribution in [2.24, 2.45) is 0 Å². The summed E-state index contributed by atoms with van der Waals surface area (Å²) in [7, 11) is 6.84. The van der Waals surface area contributed by atoms with Crippen LogP contribution in [0.2, 0.25) is 0 Å². The van der Waals surface area contributed by atoms with Crippen molar-refractivity contribution < 1.29 is 31.5 Å². The topological polar surface area (TPSA) is 153 Å². The Balaban J connectivity index is 1.77. The fourth-order valence-electron chi connectivity index (χ4n) is 3.91. The van der Waals surface area contributed by atoms with Gasteiger partial charge in [0.25, 0.3) is 0 Å². The van der Waals surface area contributed by atoms with E-state index in [0.29, 0.717) is 22.7 Å². The maximum atomic E-state index is 13.5. The summed E-state index contributed by atoms with van der Waals surface area (Å²) in [6, 6.07) is 24.6. The zero-order valence-corrected chi connectivity index (χ0v) is 27.9. The molecule has 0 aromatic heterocycles. The Bertz CT molecular complexity index is 1390. The van der Waals surface area contributed by atoms with Crippen LogP contribution in [0, 0.1) is 0 Å². The minimum absolute atomic E-state index is 0.0355. The molecule has 0 saturated heterocycles. The fraction of sp³-hybridized carbons (Fsp3) is 0.125. The molecule has 0 unspecified atom stereocenters. The monoisotopic (exact) mass is 720 g/mol. The molecule has 0 spiro atoms. The number of anilines is 4. The second-order valence-corrected chi connectivity index (χ2v) is 14.6. The average molecular weight is 719 g/mol. The number of benzene rings is 4. The SMILES string of the molecule is CNc1ccc(C(=O)[O][Sn]([O]C(=O)c2ccc(NC)cc2)([O]C(=O)c2ccc(NC)cc2)[O]C(=O)c2ccc(NC)cc2)cc1. The Morgan fingerprint density at radius 2 is 0.556 bits per heavy atom. The summed E-state index contributed by atoms with van der Waals surface area (Å²) in [6.45, 7) is 0. The fourth-order valence-corrected chi connectivity index (χ4v) is 8.56. The van der Waals surface area contributed by atoms with Crippen molar-refractivity contribution in [2.75, 3.05) is 49.5 Å². The summed E-state index contributed by atoms with van der Waals surface area (Å²) in [5.41, 5.74) is 3.00. The van der Waals surface area contributed by atoms with Crippen molar-refractivity contribution in [3.05, 3.63) is 119 Å². The first-order chi connectivity index (χ1) is 21.7. The van der Waals surface area contributed by atoms with Gasteiger partial charge in [-0.15, -0.1) is 0 Å². The van der Waals surface area contributed by atoms with E-state index >= 15 is 0 Å². The van der Waals surface area contributed by atoms with Gasteiger partial charge >= 0.3 is 267 Å². The Labute approximate surface area is 266 Å². The second kappa shape index (κ2) is 15.0. The van der Waals surface area contributed by atoms with Gasteiger partial charge in [0.2, 0.25) is 0 Å². The summed E-state index contributed by atoms with van der Waals surface area (Å²) >= 11 is -6.37. The molecule has 232 valence electrons. The molecule has 13 heteroatoms. The van der Waals surface area contributed by atoms with Crippen LogP contribution in [0.4, 0.5) is 22.7 Å². The first-order valence-electron chi connectivity index (χ1n) is 13.7. The Kier molecular flexibility index (Phi) is 10.9. The van der Waals surface area contributed by atoms with Gasteiger partial charge in [0.15, 0.2) is 0 Å². The molecule has 0 heterocycles. The molecule has 0 aliphatic rings. The number of rotatable bonds is 12. The summed E-state index contributed by atoms with van der Waals surface area (Å²) in [5.74, 6) is -4.10. The molecule has 0 bridgehead atoms. The zero-order valence-electron chi connectivity index (χ0n) is 25.0. The van der Waals surface area contributed by atoms with Gasteiger partial charge in [-0.1, -0.05) is 0 Å². The number of nitrogens with one attached hydrogen (secondary N) is 4. The molecule has 0 amide bonds. The van der Waals surface area contributed by atoms with Crippen LogP contribution in [0.1, 0.15) is 41.4 Å². The van der Waals surface area contributed by atoms with E-state index < -0.39 is 43.9 Å². The second-order valence-electron chi connectivity index (χ2n) is 9.37. The molecular formula is C32H32N4O8Sn. The van der Waals surface area contributed by atoms with E-state index in [0.717, 1.165) is 0 Å². The summed E-state index contributed by atoms with van der Waals surface area (Å²) in [4.78, 5) is 53.9. The molecule has 0 saturated carbocycles. The first-order valence-corrected chi connectivity index (χ1v) is 18.4. The first kappa shape index (κ1) is 32.7. The van der Waals surface area contributed by atoms with Gasteiger partial charge in [-0.2, -0.15) is 0 Å². The molecule has 4 aromatic carbocycles. The van der Waals surface area contributed by atoms with Crippen molar-refractivity contribution in [3.8, 4) is 0 Å². The van der Waals surface area contributed by atoms with Crippen LogP contribution < -0.4 is 21.3 Å². The van der Waals surface area contributed by atoms with Crippen molar-refractivity contribution in [3.63, 3.8) is 0 Å². The molecule has 0 fully saturated rings. The molecule has 0 atom stereocenters. The Hall–Kier alpha value is -5.24. The van der Waals surface area contributed by atoms with E-state index in [1.807, 2.05) is 0 Å². The summed E-state index contributed by atoms with van der Waals surface area (Å²) in [6.07, 6.45) is 0. The standard InChI is InChI=1S/4C8H9NO2.Sn/c4*1-9-7-4-2-6(3-5-7)8(10)11;/h4*2-5,9H,1H3,(H,10,11);/q;;;;+4/p-4. The van der Waals surface area contributed by atoms with Crippen molar-refractivity contribution in [2.45, 2.75) is 0 Å². The van der Waals surface area contributed by atoms with Crippen LogP contribution in [-0.4, -0.2) is 72.1 Å². The predicted octanol–water partition coefficient (Wildman–Crippen LogP) is 5.02. The molecule has 4 rings (SSSR count). The van der Waals surface area contributed by atoms with E-state index in [1.165, 1.54) is 48.5 Å². The number of hydrogen-bond donors (Lipinski definition) is 4. The molecule has 4 aromatic rings. The van der Waals surface area contributed by atoms with E-state index in [2.05, 4.69) is 21.3 Å². The van der Waals surface area contributed by atoms with E-state index in [9.17, 15) is 19.2 Å². The zero-order chi connectivity index (χ0) is 32.4. The van der Waals surface area contributed by atoms with Crippen LogP contribution in [-0.2, 0) is 12.3 Å². The number of hydrogen-bond acceptors (Lipinski definition) is 12. The quantitative estimate of drug-likeness (QED) is 0.146. The van der Waals surface area contributed by atoms with E-state index in [-0.39, 0.29) is 22.3 Å². The summed E-state index contributed by atoms with van der Waals surface area (Å²) in [5, 5.41) is 11.8. The third kappa shape index (κ3) is 8.44. The molecule has 4 N–H and O–H groups in total. The summed E-state index contributed by atoms with van der Waals surface area (Å²) < 4.78 is 22.8. The molecule has 0 radical (unpaired) electrons. The number of carbonyl (C=O) groups is 4. The Morgan fingerprint density at radius 1 is 0.378 bits per heavy atom. The molecule has 0 aliphatic heterocycles. The third-order valence-electron chi connectivity index (χ3n) is 6.51. The van der Waals surface area contributed by atoms with Gasteiger partial charge in [-0.25, -0.2) is 0 Å². The van der Waals surface area contributed by atoms with Gasteiger partial charge in [0.1, 0.15) is 0 Å². The van der Waals surface area contributed by atoms with Gasteiger partial charge in [0, 0.05) is 0 Å². The third-order valence-corrected chi connectivity index (χ3v) is 11.5. The number of carbonyl (C=O) groups excluding carboxylic acids is 4. The van der Waals surface area contributed by atoms with Crippen LogP contribution in [0.15, 0.2) is 97.1 Å². The van der Waals surface area contributed by atoms with Crippen LogP contribution in [0.3, 0.4) is 0 Å². The van der Waals surface area contributed by atoms with Gasteiger partial charge in [-0.05, 0) is 0 Å².